The largest absolute Gasteiger partial charge is 0.462 e. The Morgan fingerprint density at radius 1 is 0.263 bits per heavy atom. The summed E-state index contributed by atoms with van der Waals surface area (Å²) < 4.78 is 16.8. The van der Waals surface area contributed by atoms with Crippen LogP contribution < -0.4 is 0 Å². The van der Waals surface area contributed by atoms with Crippen LogP contribution in [-0.2, 0) is 28.6 Å². The van der Waals surface area contributed by atoms with Gasteiger partial charge in [-0.05, 0) is 77.0 Å². The highest BCUT2D eigenvalue weighted by Crippen LogP contribution is 2.18. The monoisotopic (exact) mass is 1110 g/mol. The molecule has 1 unspecified atom stereocenters. The first-order valence-corrected chi connectivity index (χ1v) is 34.6. The second-order valence-electron chi connectivity index (χ2n) is 23.1. The number of unbranched alkanes of at least 4 members (excludes halogenated alkanes) is 38. The molecule has 6 nitrogen and oxygen atoms in total. The van der Waals surface area contributed by atoms with Crippen molar-refractivity contribution >= 4 is 17.9 Å². The molecule has 80 heavy (non-hydrogen) atoms. The maximum absolute atomic E-state index is 12.9. The zero-order chi connectivity index (χ0) is 57.8. The molecule has 0 rings (SSSR count). The molecule has 0 aliphatic carbocycles. The van der Waals surface area contributed by atoms with Crippen LogP contribution in [0.15, 0.2) is 85.1 Å². The second kappa shape index (κ2) is 68.1. The second-order valence-corrected chi connectivity index (χ2v) is 23.1. The minimum Gasteiger partial charge on any atom is -0.462 e. The zero-order valence-corrected chi connectivity index (χ0v) is 53.1. The van der Waals surface area contributed by atoms with E-state index in [1.807, 2.05) is 0 Å². The lowest BCUT2D eigenvalue weighted by molar-refractivity contribution is -0.167. The van der Waals surface area contributed by atoms with E-state index in [1.165, 1.54) is 199 Å². The molecule has 0 heterocycles. The van der Waals surface area contributed by atoms with Gasteiger partial charge in [-0.3, -0.25) is 14.4 Å². The Bertz CT molecular complexity index is 1520. The Hall–Kier alpha value is -3.41. The summed E-state index contributed by atoms with van der Waals surface area (Å²) in [4.78, 5) is 38.1. The molecule has 0 radical (unpaired) electrons. The molecule has 0 bridgehead atoms. The van der Waals surface area contributed by atoms with Gasteiger partial charge >= 0.3 is 17.9 Å². The quantitative estimate of drug-likeness (QED) is 0.0261. The highest BCUT2D eigenvalue weighted by atomic mass is 16.6. The Morgan fingerprint density at radius 3 is 0.762 bits per heavy atom. The molecule has 0 aromatic heterocycles. The number of allylic oxidation sites excluding steroid dienone is 14. The summed E-state index contributed by atoms with van der Waals surface area (Å²) in [6, 6.07) is 0. The van der Waals surface area contributed by atoms with Gasteiger partial charge in [-0.15, -0.1) is 0 Å². The van der Waals surface area contributed by atoms with Gasteiger partial charge in [0.2, 0.25) is 0 Å². The number of hydrogen-bond donors (Lipinski definition) is 0. The van der Waals surface area contributed by atoms with E-state index in [-0.39, 0.29) is 31.1 Å². The molecule has 0 amide bonds. The highest BCUT2D eigenvalue weighted by molar-refractivity contribution is 5.71. The van der Waals surface area contributed by atoms with Gasteiger partial charge in [0.05, 0.1) is 0 Å². The van der Waals surface area contributed by atoms with E-state index >= 15 is 0 Å². The molecule has 1 atom stereocenters. The molecule has 0 aromatic rings. The van der Waals surface area contributed by atoms with Crippen LogP contribution in [0.2, 0.25) is 0 Å². The topological polar surface area (TPSA) is 78.9 Å². The Labute approximate surface area is 496 Å². The first-order valence-electron chi connectivity index (χ1n) is 34.6. The van der Waals surface area contributed by atoms with E-state index in [2.05, 4.69) is 106 Å². The zero-order valence-electron chi connectivity index (χ0n) is 53.1. The summed E-state index contributed by atoms with van der Waals surface area (Å²) in [5, 5.41) is 0. The lowest BCUT2D eigenvalue weighted by Gasteiger charge is -2.18. The summed E-state index contributed by atoms with van der Waals surface area (Å²) in [5.41, 5.74) is 0. The predicted molar refractivity (Wildman–Crippen MR) is 348 cm³/mol. The molecule has 0 fully saturated rings. The molecule has 6 heteroatoms. The Kier molecular flexibility index (Phi) is 65.2. The van der Waals surface area contributed by atoms with Crippen LogP contribution in [0.5, 0.6) is 0 Å². The van der Waals surface area contributed by atoms with Crippen LogP contribution in [0, 0.1) is 0 Å². The average molecular weight is 1120 g/mol. The fourth-order valence-corrected chi connectivity index (χ4v) is 10.0. The van der Waals surface area contributed by atoms with Gasteiger partial charge in [0, 0.05) is 19.3 Å². The number of esters is 3. The summed E-state index contributed by atoms with van der Waals surface area (Å²) in [6.07, 6.45) is 90.8. The molecular formula is C74H130O6. The van der Waals surface area contributed by atoms with Crippen molar-refractivity contribution in [2.75, 3.05) is 13.2 Å². The van der Waals surface area contributed by atoms with Crippen molar-refractivity contribution < 1.29 is 28.6 Å². The molecule has 0 aromatic carbocycles. The number of carbonyl (C=O) groups excluding carboxylic acids is 3. The third-order valence-corrected chi connectivity index (χ3v) is 15.2. The molecule has 0 N–H and O–H groups in total. The normalized spacial score (nSPS) is 12.6. The van der Waals surface area contributed by atoms with Crippen molar-refractivity contribution in [3.63, 3.8) is 0 Å². The fraction of sp³-hybridized carbons (Fsp3) is 0.770. The van der Waals surface area contributed by atoms with Gasteiger partial charge in [0.25, 0.3) is 0 Å². The highest BCUT2D eigenvalue weighted by Gasteiger charge is 2.19. The SMILES string of the molecule is CC/C=C\C/C=C\C/C=C\C/C=C\C/C=C\C/C=C\C/C=C\CCCCCCCCCCCC(=O)OCC(COC(=O)CCCCCCCC)OC(=O)CCCCCCCCCCCCCCCCCCCCCCCCCCC. The smallest absolute Gasteiger partial charge is 0.306 e. The van der Waals surface area contributed by atoms with Crippen LogP contribution in [0.1, 0.15) is 348 Å². The van der Waals surface area contributed by atoms with Crippen molar-refractivity contribution in [1.29, 1.82) is 0 Å². The van der Waals surface area contributed by atoms with Gasteiger partial charge < -0.3 is 14.2 Å². The number of rotatable bonds is 63. The molecule has 462 valence electrons. The summed E-state index contributed by atoms with van der Waals surface area (Å²) in [5.74, 6) is -0.874. The van der Waals surface area contributed by atoms with E-state index < -0.39 is 6.10 Å². The molecule has 0 aliphatic rings. The summed E-state index contributed by atoms with van der Waals surface area (Å²) >= 11 is 0. The third kappa shape index (κ3) is 65.4. The maximum atomic E-state index is 12.9. The van der Waals surface area contributed by atoms with Gasteiger partial charge in [0.15, 0.2) is 6.10 Å². The van der Waals surface area contributed by atoms with Crippen LogP contribution in [-0.4, -0.2) is 37.2 Å². The van der Waals surface area contributed by atoms with Gasteiger partial charge in [-0.25, -0.2) is 0 Å². The molecule has 0 saturated heterocycles. The van der Waals surface area contributed by atoms with Crippen LogP contribution in [0.4, 0.5) is 0 Å². The third-order valence-electron chi connectivity index (χ3n) is 15.2. The maximum Gasteiger partial charge on any atom is 0.306 e. The number of hydrogen-bond acceptors (Lipinski definition) is 6. The van der Waals surface area contributed by atoms with Gasteiger partial charge in [-0.1, -0.05) is 337 Å². The van der Waals surface area contributed by atoms with E-state index in [0.29, 0.717) is 19.3 Å². The Morgan fingerprint density at radius 2 is 0.487 bits per heavy atom. The molecule has 0 saturated carbocycles. The molecule has 0 aliphatic heterocycles. The fourth-order valence-electron chi connectivity index (χ4n) is 10.0. The van der Waals surface area contributed by atoms with Crippen LogP contribution in [0.3, 0.4) is 0 Å². The number of ether oxygens (including phenoxy) is 3. The summed E-state index contributed by atoms with van der Waals surface area (Å²) in [6.45, 7) is 6.51. The van der Waals surface area contributed by atoms with Crippen molar-refractivity contribution in [2.24, 2.45) is 0 Å². The van der Waals surface area contributed by atoms with E-state index in [9.17, 15) is 14.4 Å². The van der Waals surface area contributed by atoms with Crippen LogP contribution >= 0.6 is 0 Å². The lowest BCUT2D eigenvalue weighted by atomic mass is 10.0. The number of carbonyl (C=O) groups is 3. The van der Waals surface area contributed by atoms with Crippen molar-refractivity contribution in [1.82, 2.24) is 0 Å². The summed E-state index contributed by atoms with van der Waals surface area (Å²) in [7, 11) is 0. The van der Waals surface area contributed by atoms with Crippen molar-refractivity contribution in [3.8, 4) is 0 Å². The minimum atomic E-state index is -0.775. The standard InChI is InChI=1S/C74H130O6/c1-4-7-10-13-16-18-20-22-24-26-28-30-32-34-35-36-37-38-39-41-42-44-46-48-50-52-54-56-58-61-64-67-73(76)79-70-71(69-78-72(75)66-63-60-15-12-9-6-3)80-74(77)68-65-62-59-57-55-53-51-49-47-45-43-40-33-31-29-27-25-23-21-19-17-14-11-8-5-2/h7,10,16,18,22,24,28,30,34-35,37-38,41-42,71H,4-6,8-9,11-15,17,19-21,23,25-27,29,31-33,36,39-40,43-70H2,1-3H3/b10-7-,18-16-,24-22-,30-28-,35-34-,38-37-,42-41-. The first-order chi connectivity index (χ1) is 39.5. The van der Waals surface area contributed by atoms with E-state index in [0.717, 1.165) is 109 Å². The minimum absolute atomic E-state index is 0.0745. The van der Waals surface area contributed by atoms with Crippen molar-refractivity contribution in [2.45, 2.75) is 354 Å². The van der Waals surface area contributed by atoms with E-state index in [4.69, 9.17) is 14.2 Å². The van der Waals surface area contributed by atoms with E-state index in [1.54, 1.807) is 0 Å². The lowest BCUT2D eigenvalue weighted by Crippen LogP contribution is -2.30. The van der Waals surface area contributed by atoms with Crippen LogP contribution in [0.25, 0.3) is 0 Å². The Balaban J connectivity index is 4.05. The first kappa shape index (κ1) is 76.6. The molecule has 0 spiro atoms. The van der Waals surface area contributed by atoms with Gasteiger partial charge in [-0.2, -0.15) is 0 Å². The predicted octanol–water partition coefficient (Wildman–Crippen LogP) is 23.8. The van der Waals surface area contributed by atoms with Crippen molar-refractivity contribution in [3.05, 3.63) is 85.1 Å². The molecular weight excluding hydrogens is 985 g/mol. The average Bonchev–Trinajstić information content (AvgIpc) is 3.46. The van der Waals surface area contributed by atoms with Gasteiger partial charge in [0.1, 0.15) is 13.2 Å².